The Balaban J connectivity index is 2.72. The van der Waals surface area contributed by atoms with Crippen LogP contribution in [0.25, 0.3) is 0 Å². The molecule has 0 radical (unpaired) electrons. The van der Waals surface area contributed by atoms with E-state index in [4.69, 9.17) is 9.47 Å². The monoisotopic (exact) mass is 267 g/mol. The van der Waals surface area contributed by atoms with Crippen LogP contribution in [0.3, 0.4) is 0 Å². The van der Waals surface area contributed by atoms with Crippen LogP contribution in [0, 0.1) is 0 Å². The van der Waals surface area contributed by atoms with Crippen molar-refractivity contribution in [1.82, 2.24) is 4.90 Å². The van der Waals surface area contributed by atoms with Crippen LogP contribution in [-0.2, 0) is 4.74 Å². The van der Waals surface area contributed by atoms with Gasteiger partial charge in [0.15, 0.2) is 0 Å². The maximum absolute atomic E-state index is 10.4. The number of benzene rings is 1. The molecule has 0 aliphatic carbocycles. The molecule has 108 valence electrons. The minimum absolute atomic E-state index is 0.361. The number of aliphatic hydroxyl groups is 1. The van der Waals surface area contributed by atoms with Gasteiger partial charge in [-0.2, -0.15) is 0 Å². The fourth-order valence-corrected chi connectivity index (χ4v) is 2.03. The highest BCUT2D eigenvalue weighted by molar-refractivity contribution is 5.35. The van der Waals surface area contributed by atoms with Crippen molar-refractivity contribution in [3.63, 3.8) is 0 Å². The first-order valence-corrected chi connectivity index (χ1v) is 6.64. The van der Waals surface area contributed by atoms with E-state index in [-0.39, 0.29) is 0 Å². The quantitative estimate of drug-likeness (QED) is 0.783. The lowest BCUT2D eigenvalue weighted by Crippen LogP contribution is -2.37. The predicted molar refractivity (Wildman–Crippen MR) is 76.5 cm³/mol. The molecule has 1 aromatic rings. The maximum atomic E-state index is 10.4. The van der Waals surface area contributed by atoms with Crippen LogP contribution in [-0.4, -0.2) is 50.0 Å². The van der Waals surface area contributed by atoms with Gasteiger partial charge in [0.25, 0.3) is 0 Å². The van der Waals surface area contributed by atoms with E-state index in [0.717, 1.165) is 17.9 Å². The van der Waals surface area contributed by atoms with Crippen molar-refractivity contribution in [2.45, 2.75) is 26.0 Å². The van der Waals surface area contributed by atoms with Crippen molar-refractivity contribution in [3.8, 4) is 5.75 Å². The van der Waals surface area contributed by atoms with Gasteiger partial charge in [-0.25, -0.2) is 0 Å². The molecule has 0 fully saturated rings. The summed E-state index contributed by atoms with van der Waals surface area (Å²) < 4.78 is 10.4. The van der Waals surface area contributed by atoms with E-state index in [1.165, 1.54) is 0 Å². The number of rotatable bonds is 8. The third-order valence-electron chi connectivity index (χ3n) is 3.22. The Bertz CT molecular complexity index is 368. The lowest BCUT2D eigenvalue weighted by molar-refractivity contribution is 0.0709. The Morgan fingerprint density at radius 2 is 1.89 bits per heavy atom. The van der Waals surface area contributed by atoms with Crippen LogP contribution in [0.4, 0.5) is 0 Å². The van der Waals surface area contributed by atoms with E-state index < -0.39 is 6.10 Å². The smallest absolute Gasteiger partial charge is 0.124 e. The highest BCUT2D eigenvalue weighted by Gasteiger charge is 2.18. The first-order valence-electron chi connectivity index (χ1n) is 6.64. The Kier molecular flexibility index (Phi) is 6.84. The summed E-state index contributed by atoms with van der Waals surface area (Å²) in [5.41, 5.74) is 0.827. The highest BCUT2D eigenvalue weighted by Crippen LogP contribution is 2.25. The number of hydrogen-bond donors (Lipinski definition) is 1. The molecule has 0 saturated carbocycles. The number of aliphatic hydroxyl groups excluding tert-OH is 1. The number of para-hydroxylation sites is 1. The normalized spacial score (nSPS) is 13.0. The predicted octanol–water partition coefficient (Wildman–Crippen LogP) is 2.09. The largest absolute Gasteiger partial charge is 0.496 e. The molecule has 0 bridgehead atoms. The summed E-state index contributed by atoms with van der Waals surface area (Å²) in [7, 11) is 3.31. The third-order valence-corrected chi connectivity index (χ3v) is 3.22. The second-order valence-corrected chi connectivity index (χ2v) is 4.84. The number of methoxy groups -OCH3 is 2. The van der Waals surface area contributed by atoms with Gasteiger partial charge in [0.05, 0.1) is 19.8 Å². The second kappa shape index (κ2) is 8.15. The first kappa shape index (κ1) is 16.0. The summed E-state index contributed by atoms with van der Waals surface area (Å²) in [5, 5.41) is 10.4. The van der Waals surface area contributed by atoms with Gasteiger partial charge in [0.2, 0.25) is 0 Å². The number of nitrogens with zero attached hydrogens (tertiary/aromatic N) is 1. The molecule has 1 rings (SSSR count). The molecule has 0 aliphatic rings. The molecular formula is C15H25NO3. The Morgan fingerprint density at radius 1 is 1.21 bits per heavy atom. The fraction of sp³-hybridized carbons (Fsp3) is 0.600. The van der Waals surface area contributed by atoms with Gasteiger partial charge >= 0.3 is 0 Å². The van der Waals surface area contributed by atoms with Gasteiger partial charge in [0, 0.05) is 31.8 Å². The maximum Gasteiger partial charge on any atom is 0.124 e. The third kappa shape index (κ3) is 4.82. The van der Waals surface area contributed by atoms with Crippen LogP contribution in [0.5, 0.6) is 5.75 Å². The molecule has 4 heteroatoms. The van der Waals surface area contributed by atoms with E-state index in [9.17, 15) is 5.11 Å². The first-order chi connectivity index (χ1) is 9.10. The molecule has 0 amide bonds. The molecule has 0 aliphatic heterocycles. The van der Waals surface area contributed by atoms with E-state index in [1.54, 1.807) is 14.2 Å². The second-order valence-electron chi connectivity index (χ2n) is 4.84. The van der Waals surface area contributed by atoms with E-state index >= 15 is 0 Å². The zero-order valence-corrected chi connectivity index (χ0v) is 12.3. The average molecular weight is 267 g/mol. The lowest BCUT2D eigenvalue weighted by Gasteiger charge is -2.29. The molecule has 1 unspecified atom stereocenters. The zero-order valence-electron chi connectivity index (χ0n) is 12.3. The van der Waals surface area contributed by atoms with Gasteiger partial charge in [-0.15, -0.1) is 0 Å². The summed E-state index contributed by atoms with van der Waals surface area (Å²) in [6, 6.07) is 7.95. The van der Waals surface area contributed by atoms with Gasteiger partial charge in [0.1, 0.15) is 5.75 Å². The van der Waals surface area contributed by atoms with Crippen LogP contribution >= 0.6 is 0 Å². The molecule has 0 saturated heterocycles. The lowest BCUT2D eigenvalue weighted by atomic mass is 10.1. The molecule has 0 spiro atoms. The minimum Gasteiger partial charge on any atom is -0.496 e. The van der Waals surface area contributed by atoms with Gasteiger partial charge in [-0.3, -0.25) is 4.90 Å². The summed E-state index contributed by atoms with van der Waals surface area (Å²) >= 11 is 0. The molecule has 1 aromatic carbocycles. The van der Waals surface area contributed by atoms with E-state index in [2.05, 4.69) is 18.7 Å². The molecule has 19 heavy (non-hydrogen) atoms. The Labute approximate surface area is 115 Å². The fourth-order valence-electron chi connectivity index (χ4n) is 2.03. The van der Waals surface area contributed by atoms with Crippen molar-refractivity contribution in [2.75, 3.05) is 33.9 Å². The minimum atomic E-state index is -0.560. The highest BCUT2D eigenvalue weighted by atomic mass is 16.5. The van der Waals surface area contributed by atoms with Crippen molar-refractivity contribution < 1.29 is 14.6 Å². The van der Waals surface area contributed by atoms with Gasteiger partial charge in [-0.1, -0.05) is 18.2 Å². The zero-order chi connectivity index (χ0) is 14.3. The number of ether oxygens (including phenoxy) is 2. The van der Waals surface area contributed by atoms with Crippen molar-refractivity contribution in [2.24, 2.45) is 0 Å². The van der Waals surface area contributed by atoms with E-state index in [1.807, 2.05) is 24.3 Å². The van der Waals surface area contributed by atoms with Crippen LogP contribution < -0.4 is 4.74 Å². The molecule has 4 nitrogen and oxygen atoms in total. The summed E-state index contributed by atoms with van der Waals surface area (Å²) in [6.45, 7) is 6.27. The SMILES string of the molecule is COCCN(CC(O)c1ccccc1OC)C(C)C. The number of hydrogen-bond acceptors (Lipinski definition) is 4. The van der Waals surface area contributed by atoms with Crippen LogP contribution in [0.1, 0.15) is 25.5 Å². The van der Waals surface area contributed by atoms with Gasteiger partial charge in [-0.05, 0) is 19.9 Å². The Morgan fingerprint density at radius 3 is 2.47 bits per heavy atom. The van der Waals surface area contributed by atoms with Crippen molar-refractivity contribution in [1.29, 1.82) is 0 Å². The van der Waals surface area contributed by atoms with E-state index in [0.29, 0.717) is 19.2 Å². The molecule has 0 heterocycles. The van der Waals surface area contributed by atoms with Crippen molar-refractivity contribution in [3.05, 3.63) is 29.8 Å². The molecular weight excluding hydrogens is 242 g/mol. The van der Waals surface area contributed by atoms with Crippen molar-refractivity contribution >= 4 is 0 Å². The summed E-state index contributed by atoms with van der Waals surface area (Å²) in [4.78, 5) is 2.20. The van der Waals surface area contributed by atoms with Crippen LogP contribution in [0.15, 0.2) is 24.3 Å². The summed E-state index contributed by atoms with van der Waals surface area (Å²) in [6.07, 6.45) is -0.560. The van der Waals surface area contributed by atoms with Gasteiger partial charge < -0.3 is 14.6 Å². The topological polar surface area (TPSA) is 41.9 Å². The summed E-state index contributed by atoms with van der Waals surface area (Å²) in [5.74, 6) is 0.727. The molecule has 1 N–H and O–H groups in total. The standard InChI is InChI=1S/C15H25NO3/c1-12(2)16(9-10-18-3)11-14(17)13-7-5-6-8-15(13)19-4/h5-8,12,14,17H,9-11H2,1-4H3. The molecule has 0 aromatic heterocycles. The average Bonchev–Trinajstić information content (AvgIpc) is 2.42. The Hall–Kier alpha value is -1.10. The molecule has 1 atom stereocenters. The van der Waals surface area contributed by atoms with Crippen LogP contribution in [0.2, 0.25) is 0 Å².